The van der Waals surface area contributed by atoms with Gasteiger partial charge in [0.25, 0.3) is 5.91 Å². The Hall–Kier alpha value is -3.23. The van der Waals surface area contributed by atoms with Gasteiger partial charge in [0.2, 0.25) is 0 Å². The fraction of sp³-hybridized carbons (Fsp3) is 0.296. The summed E-state index contributed by atoms with van der Waals surface area (Å²) in [5.74, 6) is 0.166. The molecule has 7 nitrogen and oxygen atoms in total. The fourth-order valence-electron chi connectivity index (χ4n) is 3.81. The number of carbonyl (C=O) groups is 1. The molecule has 1 amide bonds. The smallest absolute Gasteiger partial charge is 0.274 e. The summed E-state index contributed by atoms with van der Waals surface area (Å²) in [7, 11) is 0. The van der Waals surface area contributed by atoms with E-state index in [1.54, 1.807) is 4.68 Å². The SMILES string of the molecule is Cc1cc(C)nc(SCc2c(C(=O)NC(C)CCc3ccccc3)nnn2-c2ccc(C)c(Cl)c2)n1. The van der Waals surface area contributed by atoms with Crippen molar-refractivity contribution in [2.45, 2.75) is 57.5 Å². The van der Waals surface area contributed by atoms with Gasteiger partial charge in [-0.1, -0.05) is 65.0 Å². The quantitative estimate of drug-likeness (QED) is 0.226. The summed E-state index contributed by atoms with van der Waals surface area (Å²) in [6, 6.07) is 17.8. The van der Waals surface area contributed by atoms with Crippen molar-refractivity contribution in [3.05, 3.63) is 93.5 Å². The summed E-state index contributed by atoms with van der Waals surface area (Å²) in [5.41, 5.74) is 5.69. The van der Waals surface area contributed by atoms with E-state index in [0.717, 1.165) is 35.5 Å². The second-order valence-electron chi connectivity index (χ2n) is 8.85. The number of hydrogen-bond acceptors (Lipinski definition) is 6. The zero-order valence-corrected chi connectivity index (χ0v) is 22.4. The second kappa shape index (κ2) is 11.7. The molecule has 0 aliphatic rings. The van der Waals surface area contributed by atoms with Crippen LogP contribution in [0.2, 0.25) is 5.02 Å². The first-order chi connectivity index (χ1) is 17.3. The molecule has 1 atom stereocenters. The van der Waals surface area contributed by atoms with Gasteiger partial charge in [-0.15, -0.1) is 5.10 Å². The summed E-state index contributed by atoms with van der Waals surface area (Å²) in [6.07, 6.45) is 1.70. The highest BCUT2D eigenvalue weighted by Crippen LogP contribution is 2.26. The molecule has 1 N–H and O–H groups in total. The van der Waals surface area contributed by atoms with Gasteiger partial charge in [0.1, 0.15) is 0 Å². The molecular formula is C27H29ClN6OS. The molecule has 186 valence electrons. The zero-order valence-electron chi connectivity index (χ0n) is 20.8. The van der Waals surface area contributed by atoms with Crippen molar-refractivity contribution in [2.24, 2.45) is 0 Å². The predicted octanol–water partition coefficient (Wildman–Crippen LogP) is 5.68. The number of thioether (sulfide) groups is 1. The largest absolute Gasteiger partial charge is 0.348 e. The van der Waals surface area contributed by atoms with Gasteiger partial charge in [-0.3, -0.25) is 4.79 Å². The van der Waals surface area contributed by atoms with E-state index >= 15 is 0 Å². The molecule has 2 heterocycles. The minimum absolute atomic E-state index is 0.0278. The van der Waals surface area contributed by atoms with E-state index in [2.05, 4.69) is 37.7 Å². The molecule has 1 unspecified atom stereocenters. The van der Waals surface area contributed by atoms with Gasteiger partial charge >= 0.3 is 0 Å². The van der Waals surface area contributed by atoms with E-state index in [1.165, 1.54) is 17.3 Å². The maximum absolute atomic E-state index is 13.3. The summed E-state index contributed by atoms with van der Waals surface area (Å²) in [4.78, 5) is 22.3. The first-order valence-electron chi connectivity index (χ1n) is 11.8. The Morgan fingerprint density at radius 2 is 1.78 bits per heavy atom. The van der Waals surface area contributed by atoms with Crippen LogP contribution in [0.15, 0.2) is 59.8 Å². The van der Waals surface area contributed by atoms with Gasteiger partial charge in [-0.05, 0) is 69.9 Å². The number of halogens is 1. The number of amides is 1. The molecule has 0 saturated carbocycles. The lowest BCUT2D eigenvalue weighted by Gasteiger charge is -2.14. The van der Waals surface area contributed by atoms with E-state index in [0.29, 0.717) is 21.6 Å². The van der Waals surface area contributed by atoms with Crippen LogP contribution in [0.4, 0.5) is 0 Å². The van der Waals surface area contributed by atoms with E-state index < -0.39 is 0 Å². The van der Waals surface area contributed by atoms with Crippen LogP contribution in [0.25, 0.3) is 5.69 Å². The zero-order chi connectivity index (χ0) is 25.7. The van der Waals surface area contributed by atoms with Gasteiger partial charge < -0.3 is 5.32 Å². The van der Waals surface area contributed by atoms with Crippen molar-refractivity contribution >= 4 is 29.3 Å². The standard InChI is InChI=1S/C27H29ClN6OS/c1-17-10-13-22(15-23(17)28)34-24(16-36-27-30-19(3)14-20(4)31-27)25(32-33-34)26(35)29-18(2)11-12-21-8-6-5-7-9-21/h5-10,13-15,18H,11-12,16H2,1-4H3,(H,29,35). The van der Waals surface area contributed by atoms with Crippen molar-refractivity contribution < 1.29 is 4.79 Å². The second-order valence-corrected chi connectivity index (χ2v) is 10.2. The molecule has 0 saturated heterocycles. The summed E-state index contributed by atoms with van der Waals surface area (Å²) >= 11 is 7.83. The van der Waals surface area contributed by atoms with Gasteiger partial charge in [0.15, 0.2) is 10.9 Å². The number of aryl methyl sites for hydroxylation is 4. The van der Waals surface area contributed by atoms with Crippen LogP contribution < -0.4 is 5.32 Å². The lowest BCUT2D eigenvalue weighted by Crippen LogP contribution is -2.33. The minimum Gasteiger partial charge on any atom is -0.348 e. The third-order valence-corrected chi connectivity index (χ3v) is 7.03. The predicted molar refractivity (Wildman–Crippen MR) is 144 cm³/mol. The van der Waals surface area contributed by atoms with Gasteiger partial charge in [-0.2, -0.15) is 0 Å². The first-order valence-corrected chi connectivity index (χ1v) is 13.2. The van der Waals surface area contributed by atoms with Crippen LogP contribution in [0.1, 0.15) is 52.0 Å². The van der Waals surface area contributed by atoms with Crippen LogP contribution in [0, 0.1) is 20.8 Å². The fourth-order valence-corrected chi connectivity index (χ4v) is 4.93. The van der Waals surface area contributed by atoms with Crippen LogP contribution in [0.5, 0.6) is 0 Å². The monoisotopic (exact) mass is 520 g/mol. The van der Waals surface area contributed by atoms with Gasteiger partial charge in [0.05, 0.1) is 11.4 Å². The number of carbonyl (C=O) groups excluding carboxylic acids is 1. The van der Waals surface area contributed by atoms with E-state index in [4.69, 9.17) is 11.6 Å². The van der Waals surface area contributed by atoms with E-state index in [-0.39, 0.29) is 17.6 Å². The van der Waals surface area contributed by atoms with Crippen molar-refractivity contribution in [1.82, 2.24) is 30.3 Å². The molecule has 36 heavy (non-hydrogen) atoms. The minimum atomic E-state index is -0.253. The van der Waals surface area contributed by atoms with E-state index in [9.17, 15) is 4.79 Å². The van der Waals surface area contributed by atoms with Gasteiger partial charge in [-0.25, -0.2) is 14.6 Å². The van der Waals surface area contributed by atoms with Crippen molar-refractivity contribution in [3.63, 3.8) is 0 Å². The highest BCUT2D eigenvalue weighted by atomic mass is 35.5. The summed E-state index contributed by atoms with van der Waals surface area (Å²) in [5, 5.41) is 12.9. The number of nitrogens with one attached hydrogen (secondary N) is 1. The molecule has 0 fully saturated rings. The van der Waals surface area contributed by atoms with Gasteiger partial charge in [0, 0.05) is 28.2 Å². The van der Waals surface area contributed by atoms with Crippen LogP contribution in [-0.2, 0) is 12.2 Å². The Morgan fingerprint density at radius 1 is 1.06 bits per heavy atom. The Morgan fingerprint density at radius 3 is 2.47 bits per heavy atom. The maximum atomic E-state index is 13.3. The highest BCUT2D eigenvalue weighted by Gasteiger charge is 2.23. The Kier molecular flexibility index (Phi) is 8.38. The van der Waals surface area contributed by atoms with Crippen molar-refractivity contribution in [1.29, 1.82) is 0 Å². The molecule has 0 aliphatic carbocycles. The number of hydrogen-bond donors (Lipinski definition) is 1. The Balaban J connectivity index is 1.57. The average molecular weight is 521 g/mol. The summed E-state index contributed by atoms with van der Waals surface area (Å²) in [6.45, 7) is 7.82. The number of rotatable bonds is 9. The molecule has 4 rings (SSSR count). The molecule has 4 aromatic rings. The Bertz CT molecular complexity index is 1340. The number of benzene rings is 2. The van der Waals surface area contributed by atoms with Crippen LogP contribution in [0.3, 0.4) is 0 Å². The van der Waals surface area contributed by atoms with Crippen molar-refractivity contribution in [2.75, 3.05) is 0 Å². The normalized spacial score (nSPS) is 11.9. The van der Waals surface area contributed by atoms with E-state index in [1.807, 2.05) is 70.2 Å². The number of nitrogens with zero attached hydrogens (tertiary/aromatic N) is 5. The molecular weight excluding hydrogens is 492 g/mol. The lowest BCUT2D eigenvalue weighted by molar-refractivity contribution is 0.0932. The first kappa shape index (κ1) is 25.9. The number of aromatic nitrogens is 5. The topological polar surface area (TPSA) is 85.6 Å². The molecule has 9 heteroatoms. The maximum Gasteiger partial charge on any atom is 0.274 e. The van der Waals surface area contributed by atoms with Crippen LogP contribution in [-0.4, -0.2) is 36.9 Å². The third kappa shape index (κ3) is 6.50. The molecule has 2 aromatic heterocycles. The highest BCUT2D eigenvalue weighted by molar-refractivity contribution is 7.98. The molecule has 0 bridgehead atoms. The molecule has 2 aromatic carbocycles. The molecule has 0 radical (unpaired) electrons. The summed E-state index contributed by atoms with van der Waals surface area (Å²) < 4.78 is 1.67. The Labute approximate surface area is 220 Å². The lowest BCUT2D eigenvalue weighted by atomic mass is 10.1. The van der Waals surface area contributed by atoms with Crippen LogP contribution >= 0.6 is 23.4 Å². The molecule has 0 spiro atoms. The average Bonchev–Trinajstić information content (AvgIpc) is 3.27. The third-order valence-electron chi connectivity index (χ3n) is 5.76. The van der Waals surface area contributed by atoms with Crippen molar-refractivity contribution in [3.8, 4) is 5.69 Å². The molecule has 0 aliphatic heterocycles.